The van der Waals surface area contributed by atoms with Gasteiger partial charge in [0.05, 0.1) is 6.54 Å². The summed E-state index contributed by atoms with van der Waals surface area (Å²) < 4.78 is 18.7. The van der Waals surface area contributed by atoms with Gasteiger partial charge in [0.1, 0.15) is 6.61 Å². The third-order valence-electron chi connectivity index (χ3n) is 1.92. The molecule has 2 nitrogen and oxygen atoms in total. The van der Waals surface area contributed by atoms with E-state index in [1.54, 1.807) is 25.1 Å². The largest absolute Gasteiger partial charge is 0.489 e. The fourth-order valence-electron chi connectivity index (χ4n) is 1.13. The molecular formula is C12H14FNO. The number of terminal acetylenes is 1. The monoisotopic (exact) mass is 207 g/mol. The van der Waals surface area contributed by atoms with Crippen LogP contribution in [-0.4, -0.2) is 19.7 Å². The molecule has 0 radical (unpaired) electrons. The first-order chi connectivity index (χ1) is 7.25. The van der Waals surface area contributed by atoms with Crippen LogP contribution in [0.1, 0.15) is 5.56 Å². The molecule has 0 unspecified atom stereocenters. The number of benzene rings is 1. The predicted octanol–water partition coefficient (Wildman–Crippen LogP) is 1.74. The summed E-state index contributed by atoms with van der Waals surface area (Å²) in [6.07, 6.45) is 5.05. The number of nitrogens with one attached hydrogen (secondary N) is 1. The van der Waals surface area contributed by atoms with Crippen molar-refractivity contribution in [2.45, 2.75) is 6.92 Å². The number of rotatable bonds is 5. The number of ether oxygens (including phenoxy) is 1. The normalized spacial score (nSPS) is 9.67. The molecule has 3 heteroatoms. The fraction of sp³-hybridized carbons (Fsp3) is 0.333. The molecule has 0 aliphatic rings. The lowest BCUT2D eigenvalue weighted by atomic mass is 10.2. The quantitative estimate of drug-likeness (QED) is 0.586. The smallest absolute Gasteiger partial charge is 0.167 e. The van der Waals surface area contributed by atoms with E-state index >= 15 is 0 Å². The number of halogens is 1. The first-order valence-electron chi connectivity index (χ1n) is 4.78. The molecule has 1 N–H and O–H groups in total. The molecule has 0 aromatic heterocycles. The Morgan fingerprint density at radius 2 is 2.33 bits per heavy atom. The van der Waals surface area contributed by atoms with Crippen molar-refractivity contribution in [3.63, 3.8) is 0 Å². The maximum absolute atomic E-state index is 13.4. The van der Waals surface area contributed by atoms with Crippen LogP contribution in [0.4, 0.5) is 4.39 Å². The van der Waals surface area contributed by atoms with E-state index in [0.29, 0.717) is 25.3 Å². The molecule has 0 aliphatic carbocycles. The second-order valence-electron chi connectivity index (χ2n) is 3.12. The van der Waals surface area contributed by atoms with Crippen LogP contribution in [0.15, 0.2) is 18.2 Å². The van der Waals surface area contributed by atoms with E-state index < -0.39 is 0 Å². The highest BCUT2D eigenvalue weighted by Crippen LogP contribution is 2.19. The van der Waals surface area contributed by atoms with Crippen molar-refractivity contribution in [2.75, 3.05) is 19.7 Å². The summed E-state index contributed by atoms with van der Waals surface area (Å²) in [6, 6.07) is 5.09. The molecule has 0 fully saturated rings. The summed E-state index contributed by atoms with van der Waals surface area (Å²) in [5.41, 5.74) is 0.587. The maximum atomic E-state index is 13.4. The first kappa shape index (κ1) is 11.5. The Kier molecular flexibility index (Phi) is 4.65. The highest BCUT2D eigenvalue weighted by Gasteiger charge is 2.04. The lowest BCUT2D eigenvalue weighted by Gasteiger charge is -2.08. The van der Waals surface area contributed by atoms with Crippen LogP contribution in [0.2, 0.25) is 0 Å². The van der Waals surface area contributed by atoms with E-state index in [0.717, 1.165) is 0 Å². The first-order valence-corrected chi connectivity index (χ1v) is 4.78. The molecule has 0 aliphatic heterocycles. The molecule has 0 heterocycles. The standard InChI is InChI=1S/C12H14FNO/c1-3-7-14-8-9-15-11-6-4-5-10(2)12(11)13/h1,4-6,14H,7-9H2,2H3. The molecule has 80 valence electrons. The topological polar surface area (TPSA) is 21.3 Å². The van der Waals surface area contributed by atoms with Gasteiger partial charge >= 0.3 is 0 Å². The second kappa shape index (κ2) is 6.05. The van der Waals surface area contributed by atoms with E-state index in [9.17, 15) is 4.39 Å². The third-order valence-corrected chi connectivity index (χ3v) is 1.92. The number of aryl methyl sites for hydroxylation is 1. The van der Waals surface area contributed by atoms with Crippen LogP contribution in [0, 0.1) is 25.1 Å². The molecule has 0 saturated heterocycles. The molecule has 0 amide bonds. The van der Waals surface area contributed by atoms with E-state index in [1.807, 2.05) is 0 Å². The van der Waals surface area contributed by atoms with E-state index in [2.05, 4.69) is 11.2 Å². The minimum atomic E-state index is -0.297. The van der Waals surface area contributed by atoms with Gasteiger partial charge in [0.2, 0.25) is 0 Å². The molecule has 1 aromatic carbocycles. The molecule has 0 atom stereocenters. The Balaban J connectivity index is 2.38. The van der Waals surface area contributed by atoms with Gasteiger partial charge in [0.25, 0.3) is 0 Å². The lowest BCUT2D eigenvalue weighted by molar-refractivity contribution is 0.300. The van der Waals surface area contributed by atoms with Crippen molar-refractivity contribution in [2.24, 2.45) is 0 Å². The van der Waals surface area contributed by atoms with Crippen molar-refractivity contribution in [1.29, 1.82) is 0 Å². The zero-order valence-corrected chi connectivity index (χ0v) is 8.72. The third kappa shape index (κ3) is 3.61. The van der Waals surface area contributed by atoms with Crippen molar-refractivity contribution in [3.8, 4) is 18.1 Å². The summed E-state index contributed by atoms with van der Waals surface area (Å²) in [4.78, 5) is 0. The summed E-state index contributed by atoms with van der Waals surface area (Å²) in [6.45, 7) is 3.22. The van der Waals surface area contributed by atoms with E-state index in [1.165, 1.54) is 0 Å². The van der Waals surface area contributed by atoms with Gasteiger partial charge in [-0.05, 0) is 18.6 Å². The van der Waals surface area contributed by atoms with Crippen LogP contribution < -0.4 is 10.1 Å². The van der Waals surface area contributed by atoms with Crippen LogP contribution in [0.5, 0.6) is 5.75 Å². The lowest BCUT2D eigenvalue weighted by Crippen LogP contribution is -2.21. The Bertz CT molecular complexity index is 357. The van der Waals surface area contributed by atoms with Gasteiger partial charge in [-0.15, -0.1) is 6.42 Å². The van der Waals surface area contributed by atoms with Gasteiger partial charge in [-0.1, -0.05) is 18.1 Å². The summed E-state index contributed by atoms with van der Waals surface area (Å²) in [7, 11) is 0. The van der Waals surface area contributed by atoms with Gasteiger partial charge in [0.15, 0.2) is 11.6 Å². The van der Waals surface area contributed by atoms with Crippen molar-refractivity contribution in [3.05, 3.63) is 29.6 Å². The van der Waals surface area contributed by atoms with E-state index in [-0.39, 0.29) is 11.6 Å². The number of hydrogen-bond donors (Lipinski definition) is 1. The van der Waals surface area contributed by atoms with Crippen LogP contribution in [-0.2, 0) is 0 Å². The zero-order chi connectivity index (χ0) is 11.1. The molecule has 0 spiro atoms. The van der Waals surface area contributed by atoms with Crippen LogP contribution in [0.25, 0.3) is 0 Å². The summed E-state index contributed by atoms with van der Waals surface area (Å²) in [5, 5.41) is 2.96. The van der Waals surface area contributed by atoms with Gasteiger partial charge < -0.3 is 10.1 Å². The Morgan fingerprint density at radius 1 is 1.53 bits per heavy atom. The van der Waals surface area contributed by atoms with Gasteiger partial charge in [-0.2, -0.15) is 0 Å². The van der Waals surface area contributed by atoms with Gasteiger partial charge in [-0.3, -0.25) is 0 Å². The van der Waals surface area contributed by atoms with Crippen LogP contribution >= 0.6 is 0 Å². The Morgan fingerprint density at radius 3 is 3.07 bits per heavy atom. The summed E-state index contributed by atoms with van der Waals surface area (Å²) in [5.74, 6) is 2.44. The van der Waals surface area contributed by atoms with Gasteiger partial charge in [-0.25, -0.2) is 4.39 Å². The Labute approximate surface area is 89.4 Å². The fourth-order valence-corrected chi connectivity index (χ4v) is 1.13. The average Bonchev–Trinajstić information content (AvgIpc) is 2.24. The maximum Gasteiger partial charge on any atom is 0.167 e. The van der Waals surface area contributed by atoms with Crippen LogP contribution in [0.3, 0.4) is 0 Å². The van der Waals surface area contributed by atoms with Crippen molar-refractivity contribution < 1.29 is 9.13 Å². The summed E-state index contributed by atoms with van der Waals surface area (Å²) >= 11 is 0. The molecule has 1 aromatic rings. The highest BCUT2D eigenvalue weighted by molar-refractivity contribution is 5.29. The average molecular weight is 207 g/mol. The second-order valence-corrected chi connectivity index (χ2v) is 3.12. The molecule has 15 heavy (non-hydrogen) atoms. The minimum Gasteiger partial charge on any atom is -0.489 e. The van der Waals surface area contributed by atoms with Crippen molar-refractivity contribution in [1.82, 2.24) is 5.32 Å². The Hall–Kier alpha value is -1.53. The zero-order valence-electron chi connectivity index (χ0n) is 8.72. The molecular weight excluding hydrogens is 193 g/mol. The SMILES string of the molecule is C#CCNCCOc1cccc(C)c1F. The van der Waals surface area contributed by atoms with Crippen molar-refractivity contribution >= 4 is 0 Å². The molecule has 0 bridgehead atoms. The van der Waals surface area contributed by atoms with E-state index in [4.69, 9.17) is 11.2 Å². The highest BCUT2D eigenvalue weighted by atomic mass is 19.1. The molecule has 0 saturated carbocycles. The van der Waals surface area contributed by atoms with Gasteiger partial charge in [0, 0.05) is 6.54 Å². The predicted molar refractivity (Wildman–Crippen MR) is 58.3 cm³/mol. The number of hydrogen-bond acceptors (Lipinski definition) is 2. The molecule has 1 rings (SSSR count). The minimum absolute atomic E-state index is 0.289.